The van der Waals surface area contributed by atoms with Gasteiger partial charge in [-0.25, -0.2) is 4.79 Å². The predicted octanol–water partition coefficient (Wildman–Crippen LogP) is 7.10. The van der Waals surface area contributed by atoms with E-state index < -0.39 is 5.60 Å². The van der Waals surface area contributed by atoms with Crippen LogP contribution in [0.15, 0.2) is 36.4 Å². The topological polar surface area (TPSA) is 72.4 Å². The molecule has 2 unspecified atom stereocenters. The molecule has 0 bridgehead atoms. The van der Waals surface area contributed by atoms with Crippen LogP contribution in [0.4, 0.5) is 10.5 Å². The van der Waals surface area contributed by atoms with Crippen molar-refractivity contribution >= 4 is 39.5 Å². The highest BCUT2D eigenvalue weighted by atomic mass is 16.6. The van der Waals surface area contributed by atoms with Gasteiger partial charge in [-0.1, -0.05) is 24.6 Å². The third-order valence-corrected chi connectivity index (χ3v) is 6.90. The number of carbonyl (C=O) groups is 2. The molecule has 1 heterocycles. The van der Waals surface area contributed by atoms with Gasteiger partial charge in [0.15, 0.2) is 0 Å². The zero-order valence-corrected chi connectivity index (χ0v) is 21.9. The van der Waals surface area contributed by atoms with Gasteiger partial charge in [0.25, 0.3) is 0 Å². The van der Waals surface area contributed by atoms with Gasteiger partial charge < -0.3 is 19.9 Å². The van der Waals surface area contributed by atoms with Gasteiger partial charge in [0.1, 0.15) is 5.60 Å². The van der Waals surface area contributed by atoms with Gasteiger partial charge >= 0.3 is 6.09 Å². The molecule has 2 aromatic carbocycles. The van der Waals surface area contributed by atoms with Crippen molar-refractivity contribution in [3.8, 4) is 0 Å². The van der Waals surface area contributed by atoms with Crippen molar-refractivity contribution in [1.29, 1.82) is 0 Å². The van der Waals surface area contributed by atoms with Gasteiger partial charge in [-0.3, -0.25) is 4.79 Å². The van der Waals surface area contributed by atoms with Crippen LogP contribution in [0, 0.1) is 12.8 Å². The number of nitrogens with one attached hydrogen (secondary N) is 2. The molecule has 2 atom stereocenters. The number of benzene rings is 2. The highest BCUT2D eigenvalue weighted by Crippen LogP contribution is 2.37. The van der Waals surface area contributed by atoms with Crippen molar-refractivity contribution in [2.75, 3.05) is 5.32 Å². The second kappa shape index (κ2) is 9.92. The molecule has 1 fully saturated rings. The molecular formula is C29H39N3O3. The minimum Gasteiger partial charge on any atom is -0.444 e. The number of para-hydroxylation sites is 1. The van der Waals surface area contributed by atoms with Crippen molar-refractivity contribution < 1.29 is 14.3 Å². The summed E-state index contributed by atoms with van der Waals surface area (Å²) in [6, 6.07) is 13.0. The highest BCUT2D eigenvalue weighted by molar-refractivity contribution is 6.12. The lowest BCUT2D eigenvalue weighted by Gasteiger charge is -2.30. The Morgan fingerprint density at radius 3 is 2.54 bits per heavy atom. The molecule has 6 heteroatoms. The summed E-state index contributed by atoms with van der Waals surface area (Å²) >= 11 is 0. The predicted molar refractivity (Wildman–Crippen MR) is 143 cm³/mol. The van der Waals surface area contributed by atoms with Gasteiger partial charge in [0.05, 0.1) is 0 Å². The summed E-state index contributed by atoms with van der Waals surface area (Å²) in [6.45, 7) is 12.1. The quantitative estimate of drug-likeness (QED) is 0.412. The number of aryl methyl sites for hydroxylation is 1. The first-order valence-electron chi connectivity index (χ1n) is 12.8. The summed E-state index contributed by atoms with van der Waals surface area (Å²) in [6.07, 6.45) is 3.80. The Balaban J connectivity index is 1.46. The van der Waals surface area contributed by atoms with E-state index in [2.05, 4.69) is 66.3 Å². The molecule has 35 heavy (non-hydrogen) atoms. The molecule has 188 valence electrons. The Morgan fingerprint density at radius 1 is 1.09 bits per heavy atom. The van der Waals surface area contributed by atoms with Crippen LogP contribution in [0.25, 0.3) is 21.8 Å². The van der Waals surface area contributed by atoms with Crippen LogP contribution < -0.4 is 10.6 Å². The largest absolute Gasteiger partial charge is 0.444 e. The van der Waals surface area contributed by atoms with Crippen LogP contribution in [0.2, 0.25) is 0 Å². The molecule has 1 aliphatic carbocycles. The Kier molecular flexibility index (Phi) is 7.11. The molecule has 0 radical (unpaired) electrons. The van der Waals surface area contributed by atoms with E-state index in [1.807, 2.05) is 26.8 Å². The molecule has 2 N–H and O–H groups in total. The Morgan fingerprint density at radius 2 is 1.83 bits per heavy atom. The number of alkyl carbamates (subject to hydrolysis) is 1. The minimum absolute atomic E-state index is 0.0305. The van der Waals surface area contributed by atoms with Crippen molar-refractivity contribution in [2.24, 2.45) is 5.92 Å². The number of nitrogens with zero attached hydrogens (tertiary/aromatic N) is 1. The molecule has 4 rings (SSSR count). The number of carbonyl (C=O) groups excluding carboxylic acids is 2. The van der Waals surface area contributed by atoms with E-state index in [0.29, 0.717) is 12.5 Å². The van der Waals surface area contributed by atoms with Gasteiger partial charge in [-0.15, -0.1) is 0 Å². The number of fused-ring (bicyclic) bond motifs is 3. The van der Waals surface area contributed by atoms with E-state index >= 15 is 0 Å². The maximum Gasteiger partial charge on any atom is 0.407 e. The second-order valence-corrected chi connectivity index (χ2v) is 11.2. The third kappa shape index (κ3) is 5.63. The van der Waals surface area contributed by atoms with Crippen LogP contribution in [-0.4, -0.2) is 28.2 Å². The molecule has 1 saturated carbocycles. The summed E-state index contributed by atoms with van der Waals surface area (Å²) in [5.41, 5.74) is 3.86. The monoisotopic (exact) mass is 477 g/mol. The highest BCUT2D eigenvalue weighted by Gasteiger charge is 2.27. The van der Waals surface area contributed by atoms with Gasteiger partial charge in [0, 0.05) is 46.0 Å². The summed E-state index contributed by atoms with van der Waals surface area (Å²) in [7, 11) is 0. The number of ether oxygens (including phenoxy) is 1. The van der Waals surface area contributed by atoms with Crippen LogP contribution in [0.1, 0.15) is 78.3 Å². The molecule has 1 aromatic heterocycles. The first-order valence-corrected chi connectivity index (χ1v) is 12.8. The maximum absolute atomic E-state index is 13.0. The van der Waals surface area contributed by atoms with E-state index in [-0.39, 0.29) is 24.0 Å². The molecule has 0 spiro atoms. The number of aromatic nitrogens is 1. The second-order valence-electron chi connectivity index (χ2n) is 11.2. The van der Waals surface area contributed by atoms with Gasteiger partial charge in [-0.05, 0) is 90.5 Å². The molecule has 2 amide bonds. The molecule has 0 saturated heterocycles. The lowest BCUT2D eigenvalue weighted by Crippen LogP contribution is -2.41. The van der Waals surface area contributed by atoms with Crippen molar-refractivity contribution in [2.45, 2.75) is 91.3 Å². The number of amides is 2. The van der Waals surface area contributed by atoms with Crippen molar-refractivity contribution in [3.05, 3.63) is 42.0 Å². The van der Waals surface area contributed by atoms with Gasteiger partial charge in [0.2, 0.25) is 5.91 Å². The summed E-state index contributed by atoms with van der Waals surface area (Å²) in [4.78, 5) is 25.2. The Hall–Kier alpha value is -3.02. The Bertz CT molecular complexity index is 1240. The fourth-order valence-electron chi connectivity index (χ4n) is 5.50. The van der Waals surface area contributed by atoms with Crippen molar-refractivity contribution in [3.63, 3.8) is 0 Å². The number of hydrogen-bond acceptors (Lipinski definition) is 3. The fraction of sp³-hybridized carbons (Fsp3) is 0.517. The lowest BCUT2D eigenvalue weighted by atomic mass is 9.83. The van der Waals surface area contributed by atoms with Crippen LogP contribution in [0.5, 0.6) is 0 Å². The fourth-order valence-corrected chi connectivity index (χ4v) is 5.50. The van der Waals surface area contributed by atoms with Crippen LogP contribution >= 0.6 is 0 Å². The van der Waals surface area contributed by atoms with Crippen LogP contribution in [0.3, 0.4) is 0 Å². The average molecular weight is 478 g/mol. The first-order chi connectivity index (χ1) is 16.5. The lowest BCUT2D eigenvalue weighted by molar-refractivity contribution is -0.117. The van der Waals surface area contributed by atoms with E-state index in [1.54, 1.807) is 0 Å². The van der Waals surface area contributed by atoms with E-state index in [4.69, 9.17) is 4.74 Å². The molecule has 0 aliphatic heterocycles. The normalized spacial score (nSPS) is 18.7. The number of anilines is 1. The number of hydrogen-bond donors (Lipinski definition) is 2. The third-order valence-electron chi connectivity index (χ3n) is 6.90. The van der Waals surface area contributed by atoms with E-state index in [9.17, 15) is 9.59 Å². The summed E-state index contributed by atoms with van der Waals surface area (Å²) in [5.74, 6) is 0.276. The molecule has 1 aliphatic rings. The maximum atomic E-state index is 13.0. The summed E-state index contributed by atoms with van der Waals surface area (Å²) in [5, 5.41) is 8.59. The standard InChI is InChI=1S/C29H39N3O3/c1-18(2)32-24-13-8-7-12-22(24)27-19(3)23(14-15-25(27)32)31-26(33)17-20-10-9-11-21(16-20)30-28(34)35-29(4,5)6/h7-8,12-15,18,20-21H,9-11,16-17H2,1-6H3,(H,30,34)(H,31,33). The summed E-state index contributed by atoms with van der Waals surface area (Å²) < 4.78 is 7.76. The molecule has 6 nitrogen and oxygen atoms in total. The van der Waals surface area contributed by atoms with E-state index in [0.717, 1.165) is 36.9 Å². The first kappa shape index (κ1) is 25.1. The average Bonchev–Trinajstić information content (AvgIpc) is 3.09. The zero-order chi connectivity index (χ0) is 25.3. The Labute approximate surface area is 208 Å². The zero-order valence-electron chi connectivity index (χ0n) is 21.9. The SMILES string of the molecule is Cc1c(NC(=O)CC2CCCC(NC(=O)OC(C)(C)C)C2)ccc2c1c1ccccc1n2C(C)C. The van der Waals surface area contributed by atoms with Crippen molar-refractivity contribution in [1.82, 2.24) is 9.88 Å². The minimum atomic E-state index is -0.515. The molecule has 3 aromatic rings. The van der Waals surface area contributed by atoms with E-state index in [1.165, 1.54) is 21.8 Å². The van der Waals surface area contributed by atoms with Crippen LogP contribution in [-0.2, 0) is 9.53 Å². The molecular weight excluding hydrogens is 438 g/mol. The van der Waals surface area contributed by atoms with Gasteiger partial charge in [-0.2, -0.15) is 0 Å². The smallest absolute Gasteiger partial charge is 0.407 e. The number of rotatable bonds is 5.